The normalized spacial score (nSPS) is 11.8. The van der Waals surface area contributed by atoms with E-state index in [9.17, 15) is 14.0 Å². The van der Waals surface area contributed by atoms with Gasteiger partial charge in [-0.15, -0.1) is 0 Å². The molecule has 1 rings (SSSR count). The third-order valence-corrected chi connectivity index (χ3v) is 2.31. The molecule has 6 heteroatoms. The first-order valence-electron chi connectivity index (χ1n) is 5.30. The van der Waals surface area contributed by atoms with Crippen LogP contribution in [0.1, 0.15) is 17.3 Å². The van der Waals surface area contributed by atoms with Crippen molar-refractivity contribution in [3.8, 4) is 0 Å². The molecule has 0 aliphatic carbocycles. The Kier molecular flexibility index (Phi) is 4.25. The quantitative estimate of drug-likeness (QED) is 0.646. The van der Waals surface area contributed by atoms with Gasteiger partial charge in [-0.3, -0.25) is 4.79 Å². The number of rotatable bonds is 3. The monoisotopic (exact) mass is 254 g/mol. The molecule has 0 saturated heterocycles. The maximum Gasteiger partial charge on any atom is 0.339 e. The minimum absolute atomic E-state index is 0.0140. The highest BCUT2D eigenvalue weighted by Gasteiger charge is 2.20. The van der Waals surface area contributed by atoms with Crippen molar-refractivity contribution in [3.63, 3.8) is 0 Å². The molecule has 98 valence electrons. The van der Waals surface area contributed by atoms with Gasteiger partial charge in [0.15, 0.2) is 6.10 Å². The predicted octanol–water partition coefficient (Wildman–Crippen LogP) is 1.04. The van der Waals surface area contributed by atoms with Crippen molar-refractivity contribution < 1.29 is 18.7 Å². The number of nitrogen functional groups attached to an aromatic ring is 1. The van der Waals surface area contributed by atoms with Crippen molar-refractivity contribution in [1.29, 1.82) is 0 Å². The molecule has 1 unspecified atom stereocenters. The predicted molar refractivity (Wildman–Crippen MR) is 64.4 cm³/mol. The Morgan fingerprint density at radius 1 is 1.39 bits per heavy atom. The lowest BCUT2D eigenvalue weighted by Gasteiger charge is -2.17. The van der Waals surface area contributed by atoms with Crippen LogP contribution in [0.25, 0.3) is 0 Å². The van der Waals surface area contributed by atoms with Crippen LogP contribution in [0.3, 0.4) is 0 Å². The highest BCUT2D eigenvalue weighted by molar-refractivity contribution is 5.92. The van der Waals surface area contributed by atoms with E-state index < -0.39 is 17.9 Å². The third kappa shape index (κ3) is 3.19. The van der Waals surface area contributed by atoms with E-state index in [1.165, 1.54) is 24.0 Å². The highest BCUT2D eigenvalue weighted by Crippen LogP contribution is 2.13. The molecule has 5 nitrogen and oxygen atoms in total. The van der Waals surface area contributed by atoms with Gasteiger partial charge in [-0.2, -0.15) is 0 Å². The SMILES string of the molecule is CC(OC(=O)c1ccc(N)c(F)c1)C(=O)N(C)C. The molecule has 1 aromatic rings. The first kappa shape index (κ1) is 14.0. The summed E-state index contributed by atoms with van der Waals surface area (Å²) in [4.78, 5) is 24.4. The summed E-state index contributed by atoms with van der Waals surface area (Å²) in [5, 5.41) is 0. The van der Waals surface area contributed by atoms with Crippen LogP contribution in [0, 0.1) is 5.82 Å². The van der Waals surface area contributed by atoms with Crippen LogP contribution >= 0.6 is 0 Å². The van der Waals surface area contributed by atoms with Crippen molar-refractivity contribution in [2.45, 2.75) is 13.0 Å². The number of hydrogen-bond acceptors (Lipinski definition) is 4. The molecular weight excluding hydrogens is 239 g/mol. The fourth-order valence-corrected chi connectivity index (χ4v) is 1.30. The van der Waals surface area contributed by atoms with Gasteiger partial charge in [0.1, 0.15) is 5.82 Å². The van der Waals surface area contributed by atoms with E-state index >= 15 is 0 Å². The van der Waals surface area contributed by atoms with E-state index in [0.29, 0.717) is 0 Å². The largest absolute Gasteiger partial charge is 0.449 e. The molecule has 0 bridgehead atoms. The zero-order chi connectivity index (χ0) is 13.9. The van der Waals surface area contributed by atoms with E-state index in [4.69, 9.17) is 10.5 Å². The minimum atomic E-state index is -0.923. The van der Waals surface area contributed by atoms with E-state index in [-0.39, 0.29) is 17.2 Å². The summed E-state index contributed by atoms with van der Waals surface area (Å²) in [6.07, 6.45) is -0.923. The van der Waals surface area contributed by atoms with Crippen LogP contribution in [0.2, 0.25) is 0 Å². The number of carbonyl (C=O) groups is 2. The summed E-state index contributed by atoms with van der Waals surface area (Å²) >= 11 is 0. The van der Waals surface area contributed by atoms with Gasteiger partial charge in [-0.05, 0) is 25.1 Å². The Morgan fingerprint density at radius 3 is 2.50 bits per heavy atom. The number of anilines is 1. The lowest BCUT2D eigenvalue weighted by atomic mass is 10.2. The number of ether oxygens (including phenoxy) is 1. The number of halogens is 1. The summed E-state index contributed by atoms with van der Waals surface area (Å²) in [6.45, 7) is 1.45. The molecule has 1 atom stereocenters. The fraction of sp³-hybridized carbons (Fsp3) is 0.333. The van der Waals surface area contributed by atoms with E-state index in [1.54, 1.807) is 14.1 Å². The number of hydrogen-bond donors (Lipinski definition) is 1. The molecule has 0 aliphatic rings. The summed E-state index contributed by atoms with van der Waals surface area (Å²) in [7, 11) is 3.10. The van der Waals surface area contributed by atoms with Crippen LogP contribution in [-0.4, -0.2) is 37.0 Å². The van der Waals surface area contributed by atoms with Crippen LogP contribution in [0.4, 0.5) is 10.1 Å². The molecule has 1 aromatic carbocycles. The summed E-state index contributed by atoms with van der Waals surface area (Å²) in [6, 6.07) is 3.59. The number of carbonyl (C=O) groups excluding carboxylic acids is 2. The minimum Gasteiger partial charge on any atom is -0.449 e. The van der Waals surface area contributed by atoms with Gasteiger partial charge in [-0.25, -0.2) is 9.18 Å². The lowest BCUT2D eigenvalue weighted by molar-refractivity contribution is -0.137. The molecule has 0 aromatic heterocycles. The average Bonchev–Trinajstić information content (AvgIpc) is 2.31. The smallest absolute Gasteiger partial charge is 0.339 e. The Bertz CT molecular complexity index is 474. The highest BCUT2D eigenvalue weighted by atomic mass is 19.1. The second-order valence-electron chi connectivity index (χ2n) is 4.02. The van der Waals surface area contributed by atoms with Crippen molar-refractivity contribution >= 4 is 17.6 Å². The number of nitrogens with two attached hydrogens (primary N) is 1. The molecule has 0 fully saturated rings. The van der Waals surface area contributed by atoms with Crippen molar-refractivity contribution in [1.82, 2.24) is 4.90 Å². The second-order valence-corrected chi connectivity index (χ2v) is 4.02. The maximum atomic E-state index is 13.2. The van der Waals surface area contributed by atoms with Gasteiger partial charge in [0.25, 0.3) is 5.91 Å². The summed E-state index contributed by atoms with van der Waals surface area (Å²) in [5.74, 6) is -1.81. The van der Waals surface area contributed by atoms with Crippen molar-refractivity contribution in [2.75, 3.05) is 19.8 Å². The molecule has 1 amide bonds. The maximum absolute atomic E-state index is 13.2. The molecule has 0 heterocycles. The van der Waals surface area contributed by atoms with Crippen LogP contribution in [-0.2, 0) is 9.53 Å². The zero-order valence-corrected chi connectivity index (χ0v) is 10.4. The number of benzene rings is 1. The average molecular weight is 254 g/mol. The standard InChI is InChI=1S/C12H15FN2O3/c1-7(11(16)15(2)3)18-12(17)8-4-5-10(14)9(13)6-8/h4-7H,14H2,1-3H3. The lowest BCUT2D eigenvalue weighted by Crippen LogP contribution is -2.34. The van der Waals surface area contributed by atoms with Gasteiger partial charge < -0.3 is 15.4 Å². The Labute approximate surface area is 104 Å². The molecule has 0 spiro atoms. The number of nitrogens with zero attached hydrogens (tertiary/aromatic N) is 1. The first-order chi connectivity index (χ1) is 8.32. The van der Waals surface area contributed by atoms with Gasteiger partial charge in [-0.1, -0.05) is 0 Å². The molecular formula is C12H15FN2O3. The van der Waals surface area contributed by atoms with Crippen LogP contribution in [0.5, 0.6) is 0 Å². The second kappa shape index (κ2) is 5.48. The van der Waals surface area contributed by atoms with Gasteiger partial charge in [0.2, 0.25) is 0 Å². The number of likely N-dealkylation sites (N-methyl/N-ethyl adjacent to an activating group) is 1. The van der Waals surface area contributed by atoms with Gasteiger partial charge in [0, 0.05) is 14.1 Å². The molecule has 2 N–H and O–H groups in total. The summed E-state index contributed by atoms with van der Waals surface area (Å²) < 4.78 is 18.1. The molecule has 0 radical (unpaired) electrons. The zero-order valence-electron chi connectivity index (χ0n) is 10.4. The van der Waals surface area contributed by atoms with Gasteiger partial charge in [0.05, 0.1) is 11.3 Å². The van der Waals surface area contributed by atoms with Crippen LogP contribution in [0.15, 0.2) is 18.2 Å². The van der Waals surface area contributed by atoms with E-state index in [2.05, 4.69) is 0 Å². The Morgan fingerprint density at radius 2 is 2.00 bits per heavy atom. The topological polar surface area (TPSA) is 72.6 Å². The molecule has 0 saturated carbocycles. The van der Waals surface area contributed by atoms with Crippen LogP contribution < -0.4 is 5.73 Å². The van der Waals surface area contributed by atoms with Gasteiger partial charge >= 0.3 is 5.97 Å². The first-order valence-corrected chi connectivity index (χ1v) is 5.30. The third-order valence-electron chi connectivity index (χ3n) is 2.31. The number of amides is 1. The van der Waals surface area contributed by atoms with Crippen molar-refractivity contribution in [2.24, 2.45) is 0 Å². The van der Waals surface area contributed by atoms with E-state index in [1.807, 2.05) is 0 Å². The molecule has 18 heavy (non-hydrogen) atoms. The molecule has 0 aliphatic heterocycles. The summed E-state index contributed by atoms with van der Waals surface area (Å²) in [5.41, 5.74) is 5.25. The fourth-order valence-electron chi connectivity index (χ4n) is 1.30. The Balaban J connectivity index is 2.76. The number of esters is 1. The Hall–Kier alpha value is -2.11. The van der Waals surface area contributed by atoms with Crippen molar-refractivity contribution in [3.05, 3.63) is 29.6 Å². The van der Waals surface area contributed by atoms with E-state index in [0.717, 1.165) is 6.07 Å².